The summed E-state index contributed by atoms with van der Waals surface area (Å²) in [7, 11) is 0. The van der Waals surface area contributed by atoms with Crippen molar-refractivity contribution in [2.75, 3.05) is 11.1 Å². The van der Waals surface area contributed by atoms with Gasteiger partial charge in [-0.3, -0.25) is 9.36 Å². The molecule has 0 saturated carbocycles. The van der Waals surface area contributed by atoms with E-state index in [-0.39, 0.29) is 23.7 Å². The van der Waals surface area contributed by atoms with Crippen molar-refractivity contribution >= 4 is 29.3 Å². The first-order chi connectivity index (χ1) is 13.9. The highest BCUT2D eigenvalue weighted by Gasteiger charge is 2.13. The molecule has 1 N–H and O–H groups in total. The Morgan fingerprint density at radius 2 is 1.86 bits per heavy atom. The number of para-hydroxylation sites is 1. The minimum absolute atomic E-state index is 0.174. The molecule has 8 heteroatoms. The van der Waals surface area contributed by atoms with Crippen LogP contribution in [0.15, 0.2) is 60.0 Å². The van der Waals surface area contributed by atoms with E-state index in [0.717, 1.165) is 11.3 Å². The maximum absolute atomic E-state index is 12.3. The van der Waals surface area contributed by atoms with Crippen LogP contribution in [0.4, 0.5) is 5.69 Å². The summed E-state index contributed by atoms with van der Waals surface area (Å²) in [6.07, 6.45) is 1.46. The van der Waals surface area contributed by atoms with E-state index in [1.165, 1.54) is 11.8 Å². The van der Waals surface area contributed by atoms with Crippen molar-refractivity contribution in [2.24, 2.45) is 0 Å². The predicted molar refractivity (Wildman–Crippen MR) is 112 cm³/mol. The molecular formula is C21H22N4O3S. The lowest BCUT2D eigenvalue weighted by atomic mass is 10.2. The largest absolute Gasteiger partial charge is 0.459 e. The Kier molecular flexibility index (Phi) is 6.66. The summed E-state index contributed by atoms with van der Waals surface area (Å²) in [5, 5.41) is 11.5. The Bertz CT molecular complexity index is 999. The minimum atomic E-state index is -0.385. The zero-order chi connectivity index (χ0) is 20.8. The monoisotopic (exact) mass is 410 g/mol. The van der Waals surface area contributed by atoms with E-state index < -0.39 is 0 Å². The molecule has 7 nitrogen and oxygen atoms in total. The van der Waals surface area contributed by atoms with Crippen LogP contribution in [0.1, 0.15) is 29.8 Å². The van der Waals surface area contributed by atoms with Gasteiger partial charge in [-0.2, -0.15) is 0 Å². The maximum Gasteiger partial charge on any atom is 0.338 e. The summed E-state index contributed by atoms with van der Waals surface area (Å²) in [5.41, 5.74) is 3.12. The molecule has 0 radical (unpaired) electrons. The van der Waals surface area contributed by atoms with Crippen LogP contribution < -0.4 is 5.32 Å². The molecule has 29 heavy (non-hydrogen) atoms. The smallest absolute Gasteiger partial charge is 0.338 e. The topological polar surface area (TPSA) is 86.1 Å². The molecule has 0 aliphatic heterocycles. The molecule has 3 aromatic rings. The second-order valence-electron chi connectivity index (χ2n) is 6.64. The number of amides is 1. The van der Waals surface area contributed by atoms with E-state index >= 15 is 0 Å². The van der Waals surface area contributed by atoms with Crippen LogP contribution in [-0.4, -0.2) is 38.5 Å². The fourth-order valence-electron chi connectivity index (χ4n) is 2.62. The van der Waals surface area contributed by atoms with Gasteiger partial charge in [0.2, 0.25) is 5.91 Å². The Balaban J connectivity index is 1.58. The van der Waals surface area contributed by atoms with Gasteiger partial charge in [0.05, 0.1) is 23.1 Å². The molecule has 0 aliphatic carbocycles. The van der Waals surface area contributed by atoms with E-state index in [9.17, 15) is 9.59 Å². The molecule has 0 saturated heterocycles. The molecule has 3 rings (SSSR count). The van der Waals surface area contributed by atoms with Gasteiger partial charge in [-0.25, -0.2) is 4.79 Å². The molecule has 1 aromatic heterocycles. The van der Waals surface area contributed by atoms with Crippen molar-refractivity contribution in [1.29, 1.82) is 0 Å². The summed E-state index contributed by atoms with van der Waals surface area (Å²) < 4.78 is 7.01. The number of aromatic nitrogens is 3. The van der Waals surface area contributed by atoms with Crippen LogP contribution in [0, 0.1) is 6.92 Å². The molecule has 0 atom stereocenters. The molecule has 0 aliphatic rings. The van der Waals surface area contributed by atoms with E-state index in [0.29, 0.717) is 16.4 Å². The van der Waals surface area contributed by atoms with Gasteiger partial charge in [0.1, 0.15) is 6.33 Å². The normalized spacial score (nSPS) is 10.8. The maximum atomic E-state index is 12.3. The van der Waals surface area contributed by atoms with Gasteiger partial charge in [0, 0.05) is 5.69 Å². The van der Waals surface area contributed by atoms with Crippen LogP contribution in [0.5, 0.6) is 0 Å². The Labute approximate surface area is 173 Å². The number of rotatable bonds is 7. The highest BCUT2D eigenvalue weighted by Crippen LogP contribution is 2.22. The van der Waals surface area contributed by atoms with Crippen LogP contribution in [0.2, 0.25) is 0 Å². The fraction of sp³-hybridized carbons (Fsp3) is 0.238. The number of aryl methyl sites for hydroxylation is 1. The second kappa shape index (κ2) is 9.38. The number of nitrogens with one attached hydrogen (secondary N) is 1. The van der Waals surface area contributed by atoms with E-state index in [4.69, 9.17) is 4.74 Å². The van der Waals surface area contributed by atoms with Crippen molar-refractivity contribution in [3.8, 4) is 5.69 Å². The lowest BCUT2D eigenvalue weighted by Crippen LogP contribution is -2.15. The first-order valence-electron chi connectivity index (χ1n) is 9.14. The average molecular weight is 410 g/mol. The van der Waals surface area contributed by atoms with Crippen molar-refractivity contribution in [1.82, 2.24) is 14.8 Å². The molecular weight excluding hydrogens is 388 g/mol. The van der Waals surface area contributed by atoms with Gasteiger partial charge in [0.25, 0.3) is 0 Å². The van der Waals surface area contributed by atoms with E-state index in [2.05, 4.69) is 15.5 Å². The number of carbonyl (C=O) groups excluding carboxylic acids is 2. The number of hydrogen-bond donors (Lipinski definition) is 1. The number of hydrogen-bond acceptors (Lipinski definition) is 6. The Morgan fingerprint density at radius 1 is 1.14 bits per heavy atom. The molecule has 0 bridgehead atoms. The molecule has 1 heterocycles. The van der Waals surface area contributed by atoms with Crippen molar-refractivity contribution in [3.63, 3.8) is 0 Å². The van der Waals surface area contributed by atoms with Crippen LogP contribution in [0.25, 0.3) is 5.69 Å². The molecule has 0 fully saturated rings. The molecule has 150 valence electrons. The summed E-state index contributed by atoms with van der Waals surface area (Å²) in [6.45, 7) is 5.60. The molecule has 2 aromatic carbocycles. The highest BCUT2D eigenvalue weighted by atomic mass is 32.2. The number of nitrogens with zero attached hydrogens (tertiary/aromatic N) is 3. The summed E-state index contributed by atoms with van der Waals surface area (Å²) >= 11 is 1.30. The molecule has 0 unspecified atom stereocenters. The second-order valence-corrected chi connectivity index (χ2v) is 7.58. The summed E-state index contributed by atoms with van der Waals surface area (Å²) in [6, 6.07) is 14.5. The molecule has 0 spiro atoms. The lowest BCUT2D eigenvalue weighted by Gasteiger charge is -2.10. The van der Waals surface area contributed by atoms with Gasteiger partial charge < -0.3 is 10.1 Å². The van der Waals surface area contributed by atoms with Crippen LogP contribution in [-0.2, 0) is 9.53 Å². The SMILES string of the molecule is Cc1ccccc1-n1cnnc1SCC(=O)Nc1ccc(C(=O)OC(C)C)cc1. The van der Waals surface area contributed by atoms with Crippen LogP contribution in [0.3, 0.4) is 0 Å². The number of thioether (sulfide) groups is 1. The number of ether oxygens (including phenoxy) is 1. The third-order valence-electron chi connectivity index (χ3n) is 3.97. The number of anilines is 1. The number of benzene rings is 2. The first kappa shape index (κ1) is 20.6. The quantitative estimate of drug-likeness (QED) is 0.470. The zero-order valence-electron chi connectivity index (χ0n) is 16.5. The van der Waals surface area contributed by atoms with Crippen LogP contribution >= 0.6 is 11.8 Å². The minimum Gasteiger partial charge on any atom is -0.459 e. The van der Waals surface area contributed by atoms with Gasteiger partial charge in [-0.05, 0) is 56.7 Å². The van der Waals surface area contributed by atoms with E-state index in [1.807, 2.05) is 35.8 Å². The predicted octanol–water partition coefficient (Wildman–Crippen LogP) is 3.87. The highest BCUT2D eigenvalue weighted by molar-refractivity contribution is 7.99. The fourth-order valence-corrected chi connectivity index (χ4v) is 3.34. The van der Waals surface area contributed by atoms with Crippen molar-refractivity contribution in [2.45, 2.75) is 32.0 Å². The van der Waals surface area contributed by atoms with Gasteiger partial charge in [0.15, 0.2) is 5.16 Å². The van der Waals surface area contributed by atoms with E-state index in [1.54, 1.807) is 44.4 Å². The standard InChI is InChI=1S/C21H22N4O3S/c1-14(2)28-20(27)16-8-10-17(11-9-16)23-19(26)12-29-21-24-22-13-25(21)18-7-5-4-6-15(18)3/h4-11,13-14H,12H2,1-3H3,(H,23,26). The Morgan fingerprint density at radius 3 is 2.55 bits per heavy atom. The summed E-state index contributed by atoms with van der Waals surface area (Å²) in [5.74, 6) is -0.377. The Hall–Kier alpha value is -3.13. The summed E-state index contributed by atoms with van der Waals surface area (Å²) in [4.78, 5) is 24.2. The average Bonchev–Trinajstić information content (AvgIpc) is 3.15. The first-order valence-corrected chi connectivity index (χ1v) is 10.1. The zero-order valence-corrected chi connectivity index (χ0v) is 17.3. The van der Waals surface area contributed by atoms with Crippen molar-refractivity contribution in [3.05, 3.63) is 66.0 Å². The van der Waals surface area contributed by atoms with Gasteiger partial charge in [-0.1, -0.05) is 30.0 Å². The number of carbonyl (C=O) groups is 2. The van der Waals surface area contributed by atoms with Gasteiger partial charge >= 0.3 is 5.97 Å². The van der Waals surface area contributed by atoms with Crippen molar-refractivity contribution < 1.29 is 14.3 Å². The molecule has 1 amide bonds. The number of esters is 1. The van der Waals surface area contributed by atoms with Gasteiger partial charge in [-0.15, -0.1) is 10.2 Å². The lowest BCUT2D eigenvalue weighted by molar-refractivity contribution is -0.113. The third-order valence-corrected chi connectivity index (χ3v) is 4.91. The third kappa shape index (κ3) is 5.45.